The fraction of sp³-hybridized carbons (Fsp3) is 0. The molecule has 0 unspecified atom stereocenters. The molecule has 2 heterocycles. The Labute approximate surface area is 292 Å². The summed E-state index contributed by atoms with van der Waals surface area (Å²) in [4.78, 5) is 2.50. The van der Waals surface area contributed by atoms with E-state index in [0.717, 1.165) is 11.4 Å². The number of benzene rings is 8. The summed E-state index contributed by atoms with van der Waals surface area (Å²) in [5, 5.41) is 7.70. The summed E-state index contributed by atoms with van der Waals surface area (Å²) in [6, 6.07) is 64.5. The van der Waals surface area contributed by atoms with Crippen molar-refractivity contribution in [3.63, 3.8) is 0 Å². The van der Waals surface area contributed by atoms with Gasteiger partial charge in [-0.2, -0.15) is 0 Å². The first-order valence-corrected chi connectivity index (χ1v) is 18.2. The molecule has 0 radical (unpaired) electrons. The molecule has 0 N–H and O–H groups in total. The van der Waals surface area contributed by atoms with Gasteiger partial charge in [-0.05, 0) is 76.0 Å². The van der Waals surface area contributed by atoms with Crippen LogP contribution in [0.1, 0.15) is 0 Å². The number of nitrogens with zero attached hydrogens (tertiary/aromatic N) is 1. The second kappa shape index (κ2) is 11.5. The Hall–Kier alpha value is -5.74. The molecule has 0 saturated heterocycles. The van der Waals surface area contributed by atoms with Gasteiger partial charge in [-0.25, -0.2) is 0 Å². The molecule has 0 spiro atoms. The topological polar surface area (TPSA) is 3.24 Å². The van der Waals surface area contributed by atoms with Crippen molar-refractivity contribution in [3.05, 3.63) is 176 Å². The summed E-state index contributed by atoms with van der Waals surface area (Å²) in [6.07, 6.45) is 0. The number of thiophene rings is 2. The standard InChI is InChI=1S/C46H29NS2/c1-2-11-32(12-3-1)37-25-26-40-38-14-6-9-17-43(38)49-46(40)45(37)47(36-24-27-44-41(29-36)39-15-7-8-16-42(39)48-44)35-22-20-31(21-23-35)34-19-18-30-10-4-5-13-33(30)28-34/h1-29H. The second-order valence-electron chi connectivity index (χ2n) is 12.5. The van der Waals surface area contributed by atoms with Crippen LogP contribution in [0.2, 0.25) is 0 Å². The van der Waals surface area contributed by atoms with Gasteiger partial charge in [0.25, 0.3) is 0 Å². The molecule has 0 bridgehead atoms. The van der Waals surface area contributed by atoms with Crippen LogP contribution in [0.15, 0.2) is 176 Å². The van der Waals surface area contributed by atoms with E-state index >= 15 is 0 Å². The minimum Gasteiger partial charge on any atom is -0.308 e. The van der Waals surface area contributed by atoms with Crippen LogP contribution in [0.3, 0.4) is 0 Å². The van der Waals surface area contributed by atoms with Crippen LogP contribution in [0, 0.1) is 0 Å². The first-order chi connectivity index (χ1) is 24.3. The summed E-state index contributed by atoms with van der Waals surface area (Å²) in [5.74, 6) is 0. The van der Waals surface area contributed by atoms with Crippen molar-refractivity contribution in [2.24, 2.45) is 0 Å². The van der Waals surface area contributed by atoms with Crippen LogP contribution in [-0.4, -0.2) is 0 Å². The van der Waals surface area contributed by atoms with Crippen molar-refractivity contribution in [2.75, 3.05) is 4.90 Å². The summed E-state index contributed by atoms with van der Waals surface area (Å²) < 4.78 is 5.21. The number of anilines is 3. The van der Waals surface area contributed by atoms with Crippen molar-refractivity contribution < 1.29 is 0 Å². The summed E-state index contributed by atoms with van der Waals surface area (Å²) in [5.41, 5.74) is 8.34. The molecule has 8 aromatic carbocycles. The molecular formula is C46H29NS2. The highest BCUT2D eigenvalue weighted by atomic mass is 32.1. The van der Waals surface area contributed by atoms with Gasteiger partial charge in [-0.3, -0.25) is 0 Å². The van der Waals surface area contributed by atoms with Gasteiger partial charge in [0.05, 0.1) is 10.4 Å². The molecule has 0 amide bonds. The highest BCUT2D eigenvalue weighted by Gasteiger charge is 2.23. The molecule has 2 aromatic heterocycles. The van der Waals surface area contributed by atoms with Gasteiger partial charge in [0.2, 0.25) is 0 Å². The zero-order valence-electron chi connectivity index (χ0n) is 26.5. The van der Waals surface area contributed by atoms with Crippen LogP contribution < -0.4 is 4.90 Å². The average Bonchev–Trinajstić information content (AvgIpc) is 3.74. The Kier molecular flexibility index (Phi) is 6.61. The Morgan fingerprint density at radius 1 is 0.347 bits per heavy atom. The first kappa shape index (κ1) is 28.3. The predicted octanol–water partition coefficient (Wildman–Crippen LogP) is 14.4. The smallest absolute Gasteiger partial charge is 0.0718 e. The maximum atomic E-state index is 2.50. The first-order valence-electron chi connectivity index (χ1n) is 16.6. The molecule has 10 aromatic rings. The van der Waals surface area contributed by atoms with Crippen molar-refractivity contribution in [1.29, 1.82) is 0 Å². The van der Waals surface area contributed by atoms with Gasteiger partial charge in [0.15, 0.2) is 0 Å². The largest absolute Gasteiger partial charge is 0.308 e. The Morgan fingerprint density at radius 2 is 0.980 bits per heavy atom. The normalized spacial score (nSPS) is 11.7. The average molecular weight is 660 g/mol. The fourth-order valence-electron chi connectivity index (χ4n) is 7.28. The molecule has 0 aliphatic carbocycles. The summed E-state index contributed by atoms with van der Waals surface area (Å²) in [6.45, 7) is 0. The van der Waals surface area contributed by atoms with Gasteiger partial charge in [0, 0.05) is 52.6 Å². The third kappa shape index (κ3) is 4.74. The van der Waals surface area contributed by atoms with E-state index in [0.29, 0.717) is 0 Å². The lowest BCUT2D eigenvalue weighted by molar-refractivity contribution is 1.31. The van der Waals surface area contributed by atoms with E-state index in [1.165, 1.54) is 79.1 Å². The van der Waals surface area contributed by atoms with Gasteiger partial charge in [-0.1, -0.05) is 127 Å². The van der Waals surface area contributed by atoms with Crippen LogP contribution in [0.4, 0.5) is 17.1 Å². The van der Waals surface area contributed by atoms with E-state index < -0.39 is 0 Å². The monoisotopic (exact) mass is 659 g/mol. The van der Waals surface area contributed by atoms with E-state index in [1.807, 2.05) is 22.7 Å². The molecule has 230 valence electrons. The highest BCUT2D eigenvalue weighted by molar-refractivity contribution is 7.26. The number of hydrogen-bond acceptors (Lipinski definition) is 3. The van der Waals surface area contributed by atoms with E-state index in [4.69, 9.17) is 0 Å². The Morgan fingerprint density at radius 3 is 1.80 bits per heavy atom. The number of hydrogen-bond donors (Lipinski definition) is 0. The van der Waals surface area contributed by atoms with Gasteiger partial charge in [0.1, 0.15) is 0 Å². The third-order valence-electron chi connectivity index (χ3n) is 9.66. The number of rotatable bonds is 5. The SMILES string of the molecule is c1ccc(-c2ccc3c(sc4ccccc43)c2N(c2ccc(-c3ccc4ccccc4c3)cc2)c2ccc3sc4ccccc4c3c2)cc1. The van der Waals surface area contributed by atoms with Gasteiger partial charge < -0.3 is 4.90 Å². The van der Waals surface area contributed by atoms with Gasteiger partial charge in [-0.15, -0.1) is 22.7 Å². The van der Waals surface area contributed by atoms with E-state index in [9.17, 15) is 0 Å². The lowest BCUT2D eigenvalue weighted by atomic mass is 9.98. The lowest BCUT2D eigenvalue weighted by Crippen LogP contribution is -2.11. The molecule has 0 aliphatic heterocycles. The molecule has 49 heavy (non-hydrogen) atoms. The zero-order valence-corrected chi connectivity index (χ0v) is 28.1. The van der Waals surface area contributed by atoms with Crippen LogP contribution in [-0.2, 0) is 0 Å². The maximum Gasteiger partial charge on any atom is 0.0718 e. The molecule has 10 rings (SSSR count). The van der Waals surface area contributed by atoms with Crippen molar-refractivity contribution >= 4 is 90.9 Å². The summed E-state index contributed by atoms with van der Waals surface area (Å²) >= 11 is 3.75. The van der Waals surface area contributed by atoms with Crippen molar-refractivity contribution in [1.82, 2.24) is 0 Å². The molecule has 0 atom stereocenters. The quantitative estimate of drug-likeness (QED) is 0.178. The molecule has 0 fully saturated rings. The van der Waals surface area contributed by atoms with Gasteiger partial charge >= 0.3 is 0 Å². The fourth-order valence-corrected chi connectivity index (χ4v) is 9.61. The van der Waals surface area contributed by atoms with Crippen molar-refractivity contribution in [2.45, 2.75) is 0 Å². The molecule has 0 aliphatic rings. The molecule has 3 heteroatoms. The Balaban J connectivity index is 1.24. The van der Waals surface area contributed by atoms with Crippen LogP contribution >= 0.6 is 22.7 Å². The third-order valence-corrected chi connectivity index (χ3v) is 12.0. The highest BCUT2D eigenvalue weighted by Crippen LogP contribution is 2.50. The maximum absolute atomic E-state index is 2.50. The van der Waals surface area contributed by atoms with E-state index in [2.05, 4.69) is 181 Å². The van der Waals surface area contributed by atoms with Crippen LogP contribution in [0.5, 0.6) is 0 Å². The Bertz CT molecular complexity index is 2830. The predicted molar refractivity (Wildman–Crippen MR) is 215 cm³/mol. The van der Waals surface area contributed by atoms with E-state index in [1.54, 1.807) is 0 Å². The summed E-state index contributed by atoms with van der Waals surface area (Å²) in [7, 11) is 0. The molecule has 1 nitrogen and oxygen atoms in total. The van der Waals surface area contributed by atoms with E-state index in [-0.39, 0.29) is 0 Å². The minimum atomic E-state index is 1.13. The molecule has 0 saturated carbocycles. The number of fused-ring (bicyclic) bond motifs is 7. The lowest BCUT2D eigenvalue weighted by Gasteiger charge is -2.29. The van der Waals surface area contributed by atoms with Crippen LogP contribution in [0.25, 0.3) is 73.4 Å². The van der Waals surface area contributed by atoms with Crippen molar-refractivity contribution in [3.8, 4) is 22.3 Å². The molecular weight excluding hydrogens is 631 g/mol. The zero-order chi connectivity index (χ0) is 32.3. The second-order valence-corrected chi connectivity index (χ2v) is 14.7. The minimum absolute atomic E-state index is 1.13.